The lowest BCUT2D eigenvalue weighted by atomic mass is 9.90. The number of ether oxygens (including phenoxy) is 5. The number of amides is 4. The largest absolute Gasteiger partial charge is 0.493 e. The van der Waals surface area contributed by atoms with Crippen molar-refractivity contribution in [2.75, 3.05) is 47.1 Å². The van der Waals surface area contributed by atoms with Crippen LogP contribution in [-0.2, 0) is 30.2 Å². The molecule has 0 spiro atoms. The number of alkyl carbamates (subject to hydrolysis) is 2. The molecule has 0 aliphatic carbocycles. The number of imidazole rings is 2. The molecule has 5 aliphatic heterocycles. The minimum Gasteiger partial charge on any atom is -0.493 e. The number of nitrogens with zero attached hydrogens (tertiary/aromatic N) is 5. The highest BCUT2D eigenvalue weighted by molar-refractivity contribution is 5.93. The summed E-state index contributed by atoms with van der Waals surface area (Å²) in [7, 11) is 2.56. The summed E-state index contributed by atoms with van der Waals surface area (Å²) in [6.07, 6.45) is 7.44. The van der Waals surface area contributed by atoms with Crippen LogP contribution in [-0.4, -0.2) is 118 Å². The van der Waals surface area contributed by atoms with Gasteiger partial charge >= 0.3 is 12.2 Å². The summed E-state index contributed by atoms with van der Waals surface area (Å²) in [4.78, 5) is 72.8. The third kappa shape index (κ3) is 9.01. The maximum atomic E-state index is 17.1. The Morgan fingerprint density at radius 2 is 1.44 bits per heavy atom. The van der Waals surface area contributed by atoms with E-state index in [0.717, 1.165) is 64.7 Å². The summed E-state index contributed by atoms with van der Waals surface area (Å²) in [5.41, 5.74) is 6.47. The molecule has 3 aromatic carbocycles. The van der Waals surface area contributed by atoms with Gasteiger partial charge in [-0.25, -0.2) is 23.9 Å². The molecule has 0 bridgehead atoms. The fourth-order valence-electron chi connectivity index (χ4n) is 11.5. The Balaban J connectivity index is 0.911. The third-order valence-electron chi connectivity index (χ3n) is 15.2. The Bertz CT molecular complexity index is 3090. The highest BCUT2D eigenvalue weighted by Crippen LogP contribution is 2.48. The summed E-state index contributed by atoms with van der Waals surface area (Å²) in [6.45, 7) is 6.48. The molecular weight excluding hydrogens is 938 g/mol. The van der Waals surface area contributed by atoms with E-state index < -0.39 is 36.3 Å². The fraction of sp³-hybridized carbons (Fsp3) is 0.444. The number of fused-ring (bicyclic) bond motifs is 6. The summed E-state index contributed by atoms with van der Waals surface area (Å²) < 4.78 is 47.3. The van der Waals surface area contributed by atoms with E-state index in [1.54, 1.807) is 17.3 Å². The van der Waals surface area contributed by atoms with Gasteiger partial charge in [-0.2, -0.15) is 0 Å². The number of carbonyl (C=O) groups is 4. The number of halogens is 1. The second-order valence-electron chi connectivity index (χ2n) is 20.0. The maximum absolute atomic E-state index is 17.1. The monoisotopic (exact) mass is 997 g/mol. The molecule has 19 heteroatoms. The van der Waals surface area contributed by atoms with Crippen molar-refractivity contribution in [3.8, 4) is 45.3 Å². The second-order valence-corrected chi connectivity index (χ2v) is 20.0. The van der Waals surface area contributed by atoms with Crippen molar-refractivity contribution < 1.29 is 47.3 Å². The standard InChI is InChI=1S/C54H60FN9O9/c1-29(2)46(60-53(67)69-3)50(65)62-17-5-9-40(62)49-57-28-38(59-49)34-24-36(55)45-42-25-35-22-31(11-13-39(35)64(42)52(73-44(45)26-34)33-12-14-43-32(23-33)8-7-19-72-43)37-27-56-48(58-37)41-10-6-18-63(41)51(66)47(61-54(68)70-4)30-15-20-71-21-16-30/h11-14,22-30,40-41,46-47,52H,5-10,15-21H2,1-4H3,(H,56,58)(H,57,59)(H,60,67)(H,61,68)/t40-,41-,46-,47-,52?/m0/s1. The molecule has 382 valence electrons. The molecule has 3 saturated heterocycles. The summed E-state index contributed by atoms with van der Waals surface area (Å²) >= 11 is 0. The summed E-state index contributed by atoms with van der Waals surface area (Å²) in [5, 5.41) is 6.37. The van der Waals surface area contributed by atoms with Gasteiger partial charge in [-0.15, -0.1) is 0 Å². The van der Waals surface area contributed by atoms with Crippen molar-refractivity contribution in [3.63, 3.8) is 0 Å². The minimum absolute atomic E-state index is 0.0800. The Labute approximate surface area is 421 Å². The highest BCUT2D eigenvalue weighted by Gasteiger charge is 2.41. The van der Waals surface area contributed by atoms with Gasteiger partial charge in [0.2, 0.25) is 18.0 Å². The number of aryl methyl sites for hydroxylation is 1. The van der Waals surface area contributed by atoms with Crippen LogP contribution in [0.25, 0.3) is 44.7 Å². The quantitative estimate of drug-likeness (QED) is 0.0970. The van der Waals surface area contributed by atoms with Gasteiger partial charge in [-0.05, 0) is 117 Å². The number of nitrogens with one attached hydrogen (secondary N) is 4. The van der Waals surface area contributed by atoms with Gasteiger partial charge < -0.3 is 58.7 Å². The van der Waals surface area contributed by atoms with Gasteiger partial charge in [0, 0.05) is 48.4 Å². The molecule has 4 amide bonds. The molecule has 11 rings (SSSR count). The zero-order valence-electron chi connectivity index (χ0n) is 41.4. The molecule has 73 heavy (non-hydrogen) atoms. The van der Waals surface area contributed by atoms with E-state index in [0.29, 0.717) is 98.5 Å². The lowest BCUT2D eigenvalue weighted by Gasteiger charge is -2.34. The van der Waals surface area contributed by atoms with Crippen molar-refractivity contribution in [1.29, 1.82) is 0 Å². The van der Waals surface area contributed by atoms with Crippen LogP contribution in [0.5, 0.6) is 11.5 Å². The first-order chi connectivity index (χ1) is 35.5. The number of rotatable bonds is 11. The average molecular weight is 998 g/mol. The maximum Gasteiger partial charge on any atom is 0.407 e. The first kappa shape index (κ1) is 47.9. The van der Waals surface area contributed by atoms with Gasteiger partial charge in [0.25, 0.3) is 0 Å². The molecular formula is C54H60FN9O9. The van der Waals surface area contributed by atoms with E-state index in [1.807, 2.05) is 59.7 Å². The number of aromatic amines is 2. The molecule has 0 radical (unpaired) electrons. The predicted octanol–water partition coefficient (Wildman–Crippen LogP) is 8.35. The minimum atomic E-state index is -0.780. The van der Waals surface area contributed by atoms with Gasteiger partial charge in [0.1, 0.15) is 41.0 Å². The number of hydrogen-bond acceptors (Lipinski definition) is 11. The first-order valence-electron chi connectivity index (χ1n) is 25.4. The molecule has 18 nitrogen and oxygen atoms in total. The van der Waals surface area contributed by atoms with E-state index in [9.17, 15) is 19.2 Å². The molecule has 3 aromatic heterocycles. The normalized spacial score (nSPS) is 20.4. The number of methoxy groups -OCH3 is 2. The second kappa shape index (κ2) is 19.9. The topological polar surface area (TPSA) is 207 Å². The molecule has 5 atom stereocenters. The van der Waals surface area contributed by atoms with Crippen LogP contribution in [0.2, 0.25) is 0 Å². The Kier molecular flexibility index (Phi) is 13.0. The number of H-pyrrole nitrogens is 2. The summed E-state index contributed by atoms with van der Waals surface area (Å²) in [5.74, 6) is 1.31. The van der Waals surface area contributed by atoms with E-state index >= 15 is 4.39 Å². The molecule has 8 heterocycles. The number of carbonyl (C=O) groups excluding carboxylic acids is 4. The predicted molar refractivity (Wildman–Crippen MR) is 266 cm³/mol. The van der Waals surface area contributed by atoms with Crippen molar-refractivity contribution in [1.82, 2.24) is 44.9 Å². The Hall–Kier alpha value is -7.41. The molecule has 6 aromatic rings. The molecule has 4 N–H and O–H groups in total. The van der Waals surface area contributed by atoms with Crippen LogP contribution in [0.4, 0.5) is 14.0 Å². The van der Waals surface area contributed by atoms with Crippen molar-refractivity contribution >= 4 is 34.9 Å². The van der Waals surface area contributed by atoms with E-state index in [-0.39, 0.29) is 35.7 Å². The van der Waals surface area contributed by atoms with E-state index in [4.69, 9.17) is 33.7 Å². The van der Waals surface area contributed by atoms with Crippen LogP contribution < -0.4 is 20.1 Å². The average Bonchev–Trinajstić information content (AvgIpc) is 4.28. The zero-order valence-corrected chi connectivity index (χ0v) is 41.4. The molecule has 1 unspecified atom stereocenters. The van der Waals surface area contributed by atoms with Crippen LogP contribution in [0.15, 0.2) is 67.0 Å². The van der Waals surface area contributed by atoms with Crippen LogP contribution in [0.3, 0.4) is 0 Å². The lowest BCUT2D eigenvalue weighted by molar-refractivity contribution is -0.137. The molecule has 3 fully saturated rings. The molecule has 5 aliphatic rings. The van der Waals surface area contributed by atoms with Gasteiger partial charge in [-0.3, -0.25) is 9.59 Å². The van der Waals surface area contributed by atoms with Crippen molar-refractivity contribution in [2.45, 2.75) is 95.6 Å². The van der Waals surface area contributed by atoms with Crippen LogP contribution in [0.1, 0.15) is 99.9 Å². The highest BCUT2D eigenvalue weighted by atomic mass is 19.1. The van der Waals surface area contributed by atoms with Gasteiger partial charge in [0.05, 0.1) is 73.5 Å². The van der Waals surface area contributed by atoms with Crippen molar-refractivity contribution in [3.05, 3.63) is 95.6 Å². The van der Waals surface area contributed by atoms with Gasteiger partial charge in [-0.1, -0.05) is 19.9 Å². The first-order valence-corrected chi connectivity index (χ1v) is 25.4. The molecule has 0 saturated carbocycles. The van der Waals surface area contributed by atoms with Crippen LogP contribution in [0, 0.1) is 17.7 Å². The van der Waals surface area contributed by atoms with Gasteiger partial charge in [0.15, 0.2) is 0 Å². The van der Waals surface area contributed by atoms with Crippen molar-refractivity contribution in [2.24, 2.45) is 11.8 Å². The zero-order chi connectivity index (χ0) is 50.5. The smallest absolute Gasteiger partial charge is 0.407 e. The summed E-state index contributed by atoms with van der Waals surface area (Å²) in [6, 6.07) is 15.3. The number of likely N-dealkylation sites (tertiary alicyclic amines) is 2. The Morgan fingerprint density at radius 3 is 2.14 bits per heavy atom. The Morgan fingerprint density at radius 1 is 0.753 bits per heavy atom. The van der Waals surface area contributed by atoms with E-state index in [2.05, 4.69) is 32.7 Å². The SMILES string of the molecule is COC(=O)N[C@H](C(=O)N1CCC[C@H]1c1ncc(-c2cc(F)c3c(c2)OC(c2ccc4c(c2)CCCO4)n2c-3cc3cc(-c4cnc([C@@H]5CCCN5C(=O)[C@@H](NC(=O)OC)C5CCOCC5)[nH]4)ccc32)[nH]1)C(C)C. The number of benzene rings is 3. The third-order valence-corrected chi connectivity index (χ3v) is 15.2. The fourth-order valence-corrected chi connectivity index (χ4v) is 11.5. The lowest BCUT2D eigenvalue weighted by Crippen LogP contribution is -2.53. The van der Waals surface area contributed by atoms with Crippen LogP contribution >= 0.6 is 0 Å². The van der Waals surface area contributed by atoms with E-state index in [1.165, 1.54) is 20.3 Å². The number of hydrogen-bond donors (Lipinski definition) is 4. The number of aromatic nitrogens is 5.